The van der Waals surface area contributed by atoms with E-state index in [-0.39, 0.29) is 6.61 Å². The summed E-state index contributed by atoms with van der Waals surface area (Å²) in [5.41, 5.74) is 2.57. The van der Waals surface area contributed by atoms with Crippen LogP contribution in [0.1, 0.15) is 10.4 Å². The predicted molar refractivity (Wildman–Crippen MR) is 61.9 cm³/mol. The number of hydrogen-bond acceptors (Lipinski definition) is 3. The number of nitrogens with zero attached hydrogens (tertiary/aromatic N) is 1. The minimum Gasteiger partial charge on any atom is -0.267 e. The molecule has 4 nitrogen and oxygen atoms in total. The largest absolute Gasteiger partial charge is 0.276 e. The molecule has 0 atom stereocenters. The average molecular weight is 334 g/mol. The van der Waals surface area contributed by atoms with Gasteiger partial charge in [-0.05, 0) is 37.9 Å². The number of terminal acetylenes is 1. The highest BCUT2D eigenvalue weighted by Gasteiger charge is 2.08. The Bertz CT molecular complexity index is 415. The van der Waals surface area contributed by atoms with Crippen LogP contribution in [0, 0.1) is 12.3 Å². The van der Waals surface area contributed by atoms with Gasteiger partial charge in [-0.3, -0.25) is 9.63 Å². The van der Waals surface area contributed by atoms with Gasteiger partial charge in [-0.25, -0.2) is 10.5 Å². The summed E-state index contributed by atoms with van der Waals surface area (Å²) in [6, 6.07) is 1.62. The van der Waals surface area contributed by atoms with Crippen LogP contribution in [0.5, 0.6) is 0 Å². The van der Waals surface area contributed by atoms with E-state index in [0.29, 0.717) is 14.6 Å². The normalized spacial score (nSPS) is 9.40. The van der Waals surface area contributed by atoms with Gasteiger partial charge in [0.05, 0.1) is 10.0 Å². The molecule has 0 aliphatic rings. The molecular formula is C9H6Br2N2O2. The van der Waals surface area contributed by atoms with Gasteiger partial charge in [0.1, 0.15) is 11.2 Å². The topological polar surface area (TPSA) is 51.2 Å². The van der Waals surface area contributed by atoms with Crippen molar-refractivity contribution in [2.24, 2.45) is 0 Å². The van der Waals surface area contributed by atoms with E-state index in [9.17, 15) is 4.79 Å². The maximum absolute atomic E-state index is 11.4. The van der Waals surface area contributed by atoms with Crippen molar-refractivity contribution in [3.8, 4) is 12.3 Å². The van der Waals surface area contributed by atoms with Crippen molar-refractivity contribution >= 4 is 37.8 Å². The fraction of sp³-hybridized carbons (Fsp3) is 0.111. The Balaban J connectivity index is 2.67. The molecule has 15 heavy (non-hydrogen) atoms. The van der Waals surface area contributed by atoms with E-state index in [4.69, 9.17) is 6.42 Å². The van der Waals surface area contributed by atoms with Crippen LogP contribution in [0.2, 0.25) is 0 Å². The SMILES string of the molecule is C#CCONC(=O)c1cnc(Br)c(Br)c1. The van der Waals surface area contributed by atoms with Gasteiger partial charge < -0.3 is 0 Å². The van der Waals surface area contributed by atoms with Crippen LogP contribution in [0.25, 0.3) is 0 Å². The summed E-state index contributed by atoms with van der Waals surface area (Å²) in [5.74, 6) is 1.83. The summed E-state index contributed by atoms with van der Waals surface area (Å²) < 4.78 is 1.32. The molecule has 0 fully saturated rings. The molecule has 0 bridgehead atoms. The third-order valence-corrected chi connectivity index (χ3v) is 3.15. The number of aromatic nitrogens is 1. The molecule has 0 saturated heterocycles. The number of rotatable bonds is 3. The Kier molecular flexibility index (Phi) is 4.75. The van der Waals surface area contributed by atoms with E-state index in [1.54, 1.807) is 6.07 Å². The zero-order valence-electron chi connectivity index (χ0n) is 7.46. The van der Waals surface area contributed by atoms with E-state index in [1.807, 2.05) is 0 Å². The van der Waals surface area contributed by atoms with Gasteiger partial charge in [0, 0.05) is 6.20 Å². The third kappa shape index (κ3) is 3.63. The van der Waals surface area contributed by atoms with Crippen molar-refractivity contribution in [2.75, 3.05) is 6.61 Å². The fourth-order valence-corrected chi connectivity index (χ4v) is 1.31. The lowest BCUT2D eigenvalue weighted by atomic mass is 10.3. The second kappa shape index (κ2) is 5.85. The second-order valence-electron chi connectivity index (χ2n) is 2.42. The van der Waals surface area contributed by atoms with Crippen LogP contribution >= 0.6 is 31.9 Å². The predicted octanol–water partition coefficient (Wildman–Crippen LogP) is 1.90. The van der Waals surface area contributed by atoms with Crippen molar-refractivity contribution in [3.05, 3.63) is 26.9 Å². The van der Waals surface area contributed by atoms with Crippen molar-refractivity contribution in [1.29, 1.82) is 0 Å². The molecule has 0 saturated carbocycles. The van der Waals surface area contributed by atoms with Crippen LogP contribution in [-0.2, 0) is 4.84 Å². The maximum atomic E-state index is 11.4. The van der Waals surface area contributed by atoms with Gasteiger partial charge in [-0.1, -0.05) is 5.92 Å². The first-order valence-corrected chi connectivity index (χ1v) is 5.40. The van der Waals surface area contributed by atoms with E-state index in [2.05, 4.69) is 53.1 Å². The van der Waals surface area contributed by atoms with E-state index in [1.165, 1.54) is 6.20 Å². The minimum atomic E-state index is -0.397. The molecule has 1 heterocycles. The Morgan fingerprint density at radius 1 is 1.67 bits per heavy atom. The molecule has 1 amide bonds. The van der Waals surface area contributed by atoms with E-state index < -0.39 is 5.91 Å². The zero-order valence-corrected chi connectivity index (χ0v) is 10.6. The molecule has 0 spiro atoms. The quantitative estimate of drug-likeness (QED) is 0.398. The smallest absolute Gasteiger partial charge is 0.267 e. The highest BCUT2D eigenvalue weighted by atomic mass is 79.9. The lowest BCUT2D eigenvalue weighted by Crippen LogP contribution is -2.24. The number of carbonyl (C=O) groups is 1. The summed E-state index contributed by atoms with van der Waals surface area (Å²) in [6.45, 7) is 0.0247. The molecule has 0 aliphatic carbocycles. The Hall–Kier alpha value is -0.900. The van der Waals surface area contributed by atoms with Crippen LogP contribution in [0.15, 0.2) is 21.3 Å². The molecule has 78 valence electrons. The second-order valence-corrected chi connectivity index (χ2v) is 4.03. The van der Waals surface area contributed by atoms with Crippen LogP contribution in [-0.4, -0.2) is 17.5 Å². The van der Waals surface area contributed by atoms with Crippen LogP contribution < -0.4 is 5.48 Å². The monoisotopic (exact) mass is 332 g/mol. The van der Waals surface area contributed by atoms with Crippen molar-refractivity contribution < 1.29 is 9.63 Å². The first-order valence-electron chi connectivity index (χ1n) is 3.81. The Labute approximate surface area is 104 Å². The number of amides is 1. The average Bonchev–Trinajstić information content (AvgIpc) is 2.22. The van der Waals surface area contributed by atoms with Gasteiger partial charge in [0.15, 0.2) is 0 Å². The summed E-state index contributed by atoms with van der Waals surface area (Å²) in [4.78, 5) is 20.0. The van der Waals surface area contributed by atoms with Crippen molar-refractivity contribution in [3.63, 3.8) is 0 Å². The van der Waals surface area contributed by atoms with Gasteiger partial charge >= 0.3 is 0 Å². The molecule has 0 radical (unpaired) electrons. The molecule has 1 N–H and O–H groups in total. The first kappa shape index (κ1) is 12.2. The van der Waals surface area contributed by atoms with Crippen molar-refractivity contribution in [1.82, 2.24) is 10.5 Å². The summed E-state index contributed by atoms with van der Waals surface area (Å²) in [7, 11) is 0. The summed E-state index contributed by atoms with van der Waals surface area (Å²) >= 11 is 6.43. The summed E-state index contributed by atoms with van der Waals surface area (Å²) in [5, 5.41) is 0. The first-order chi connectivity index (χ1) is 7.15. The lowest BCUT2D eigenvalue weighted by molar-refractivity contribution is 0.0437. The van der Waals surface area contributed by atoms with Gasteiger partial charge in [-0.2, -0.15) is 0 Å². The number of hydroxylamine groups is 1. The number of nitrogens with one attached hydrogen (secondary N) is 1. The number of halogens is 2. The number of pyridine rings is 1. The molecular weight excluding hydrogens is 328 g/mol. The Morgan fingerprint density at radius 3 is 3.00 bits per heavy atom. The molecule has 1 aromatic rings. The summed E-state index contributed by atoms with van der Waals surface area (Å²) in [6.07, 6.45) is 6.37. The standard InChI is InChI=1S/C9H6Br2N2O2/c1-2-3-15-13-9(14)6-4-7(10)8(11)12-5-6/h1,4-5H,3H2,(H,13,14). The molecule has 0 aromatic carbocycles. The van der Waals surface area contributed by atoms with E-state index >= 15 is 0 Å². The fourth-order valence-electron chi connectivity index (χ4n) is 0.748. The van der Waals surface area contributed by atoms with Gasteiger partial charge in [0.25, 0.3) is 5.91 Å². The highest BCUT2D eigenvalue weighted by Crippen LogP contribution is 2.20. The van der Waals surface area contributed by atoms with Crippen molar-refractivity contribution in [2.45, 2.75) is 0 Å². The zero-order chi connectivity index (χ0) is 11.3. The van der Waals surface area contributed by atoms with Crippen LogP contribution in [0.3, 0.4) is 0 Å². The molecule has 0 unspecified atom stereocenters. The number of hydrogen-bond donors (Lipinski definition) is 1. The molecule has 1 aromatic heterocycles. The molecule has 0 aliphatic heterocycles. The van der Waals surface area contributed by atoms with Crippen LogP contribution in [0.4, 0.5) is 0 Å². The Morgan fingerprint density at radius 2 is 2.40 bits per heavy atom. The minimum absolute atomic E-state index is 0.0247. The molecule has 6 heteroatoms. The molecule has 1 rings (SSSR count). The highest BCUT2D eigenvalue weighted by molar-refractivity contribution is 9.13. The maximum Gasteiger partial charge on any atom is 0.276 e. The van der Waals surface area contributed by atoms with Gasteiger partial charge in [-0.15, -0.1) is 6.42 Å². The lowest BCUT2D eigenvalue weighted by Gasteiger charge is -2.03. The van der Waals surface area contributed by atoms with E-state index in [0.717, 1.165) is 0 Å². The number of carbonyl (C=O) groups excluding carboxylic acids is 1. The third-order valence-electron chi connectivity index (χ3n) is 1.38. The van der Waals surface area contributed by atoms with Gasteiger partial charge in [0.2, 0.25) is 0 Å².